The number of nitrogens with one attached hydrogen (secondary N) is 1. The number of carbonyl (C=O) groups excluding carboxylic acids is 2. The summed E-state index contributed by atoms with van der Waals surface area (Å²) in [5.74, 6) is -0.476. The van der Waals surface area contributed by atoms with Crippen molar-refractivity contribution in [1.82, 2.24) is 5.32 Å². The summed E-state index contributed by atoms with van der Waals surface area (Å²) in [5, 5.41) is 32.9. The number of rotatable bonds is 10. The molecule has 226 valence electrons. The third-order valence-corrected chi connectivity index (χ3v) is 6.90. The normalized spacial score (nSPS) is 22.6. The van der Waals surface area contributed by atoms with E-state index in [1.54, 1.807) is 52.0 Å². The SMILES string of the molecule is CO[C@H]1O[C@H](CO)[C@@H](O)[C@H](O)[C@H]1NC(=O)c1cc(Cl)c(OCc2ccc(OCC(=O)OC(C)(C)C)cc2)c(Cl)c1C. The van der Waals surface area contributed by atoms with Gasteiger partial charge < -0.3 is 44.3 Å². The van der Waals surface area contributed by atoms with E-state index in [0.717, 1.165) is 5.56 Å². The number of halogens is 2. The van der Waals surface area contributed by atoms with Gasteiger partial charge in [0.1, 0.15) is 42.3 Å². The van der Waals surface area contributed by atoms with Crippen molar-refractivity contribution in [2.24, 2.45) is 0 Å². The lowest BCUT2D eigenvalue weighted by Gasteiger charge is -2.41. The molecular formula is C28H35Cl2NO10. The van der Waals surface area contributed by atoms with Gasteiger partial charge in [-0.05, 0) is 57.0 Å². The molecule has 41 heavy (non-hydrogen) atoms. The highest BCUT2D eigenvalue weighted by Crippen LogP contribution is 2.38. The molecule has 5 atom stereocenters. The minimum atomic E-state index is -1.47. The van der Waals surface area contributed by atoms with Gasteiger partial charge in [0.2, 0.25) is 0 Å². The van der Waals surface area contributed by atoms with E-state index in [9.17, 15) is 24.9 Å². The first-order valence-electron chi connectivity index (χ1n) is 12.8. The van der Waals surface area contributed by atoms with Gasteiger partial charge in [0.15, 0.2) is 18.6 Å². The molecule has 1 fully saturated rings. The molecule has 1 heterocycles. The van der Waals surface area contributed by atoms with E-state index >= 15 is 0 Å². The molecule has 1 saturated heterocycles. The fourth-order valence-electron chi connectivity index (χ4n) is 4.08. The summed E-state index contributed by atoms with van der Waals surface area (Å²) >= 11 is 13.0. The van der Waals surface area contributed by atoms with Crippen LogP contribution in [0, 0.1) is 6.92 Å². The van der Waals surface area contributed by atoms with Crippen LogP contribution in [0.3, 0.4) is 0 Å². The smallest absolute Gasteiger partial charge is 0.344 e. The number of carbonyl (C=O) groups is 2. The average Bonchev–Trinajstić information content (AvgIpc) is 2.91. The summed E-state index contributed by atoms with van der Waals surface area (Å²) in [4.78, 5) is 25.0. The molecule has 13 heteroatoms. The molecule has 4 N–H and O–H groups in total. The largest absolute Gasteiger partial charge is 0.486 e. The Bertz CT molecular complexity index is 1220. The van der Waals surface area contributed by atoms with Crippen LogP contribution in [0.1, 0.15) is 42.3 Å². The molecule has 0 bridgehead atoms. The molecule has 1 amide bonds. The van der Waals surface area contributed by atoms with Crippen molar-refractivity contribution < 1.29 is 48.6 Å². The molecule has 0 spiro atoms. The minimum absolute atomic E-state index is 0.0761. The summed E-state index contributed by atoms with van der Waals surface area (Å²) in [7, 11) is 1.30. The Morgan fingerprint density at radius 2 is 1.73 bits per heavy atom. The first-order valence-corrected chi connectivity index (χ1v) is 13.5. The van der Waals surface area contributed by atoms with E-state index in [0.29, 0.717) is 11.3 Å². The number of ether oxygens (including phenoxy) is 5. The van der Waals surface area contributed by atoms with Crippen LogP contribution in [0.15, 0.2) is 30.3 Å². The van der Waals surface area contributed by atoms with Crippen molar-refractivity contribution in [3.63, 3.8) is 0 Å². The van der Waals surface area contributed by atoms with Crippen molar-refractivity contribution in [2.45, 2.75) is 70.5 Å². The average molecular weight is 616 g/mol. The monoisotopic (exact) mass is 615 g/mol. The number of amides is 1. The quantitative estimate of drug-likeness (QED) is 0.293. The second-order valence-corrected chi connectivity index (χ2v) is 11.2. The lowest BCUT2D eigenvalue weighted by atomic mass is 9.96. The Morgan fingerprint density at radius 1 is 1.07 bits per heavy atom. The second kappa shape index (κ2) is 14.0. The first-order chi connectivity index (χ1) is 19.2. The van der Waals surface area contributed by atoms with Crippen molar-refractivity contribution in [2.75, 3.05) is 20.3 Å². The van der Waals surface area contributed by atoms with Gasteiger partial charge in [-0.1, -0.05) is 35.3 Å². The highest BCUT2D eigenvalue weighted by Gasteiger charge is 2.45. The van der Waals surface area contributed by atoms with E-state index in [4.69, 9.17) is 46.9 Å². The highest BCUT2D eigenvalue weighted by atomic mass is 35.5. The highest BCUT2D eigenvalue weighted by molar-refractivity contribution is 6.38. The molecule has 1 aliphatic heterocycles. The number of benzene rings is 2. The Kier molecular flexibility index (Phi) is 11.2. The third kappa shape index (κ3) is 8.45. The lowest BCUT2D eigenvalue weighted by Crippen LogP contribution is -2.64. The summed E-state index contributed by atoms with van der Waals surface area (Å²) in [6.07, 6.45) is -5.13. The van der Waals surface area contributed by atoms with Gasteiger partial charge in [-0.25, -0.2) is 4.79 Å². The Morgan fingerprint density at radius 3 is 2.32 bits per heavy atom. The second-order valence-electron chi connectivity index (χ2n) is 10.4. The number of esters is 1. The fraction of sp³-hybridized carbons (Fsp3) is 0.500. The number of hydrogen-bond donors (Lipinski definition) is 4. The maximum atomic E-state index is 13.1. The molecule has 0 aromatic heterocycles. The third-order valence-electron chi connectivity index (χ3n) is 6.16. The van der Waals surface area contributed by atoms with Crippen LogP contribution in [-0.2, 0) is 25.6 Å². The summed E-state index contributed by atoms with van der Waals surface area (Å²) < 4.78 is 27.2. The Hall–Kier alpha value is -2.64. The van der Waals surface area contributed by atoms with Gasteiger partial charge in [0.05, 0.1) is 16.7 Å². The number of aliphatic hydroxyl groups is 3. The fourth-order valence-corrected chi connectivity index (χ4v) is 4.64. The van der Waals surface area contributed by atoms with Crippen molar-refractivity contribution in [3.05, 3.63) is 57.1 Å². The maximum absolute atomic E-state index is 13.1. The topological polar surface area (TPSA) is 153 Å². The molecule has 0 unspecified atom stereocenters. The van der Waals surface area contributed by atoms with Crippen LogP contribution in [0.4, 0.5) is 0 Å². The van der Waals surface area contributed by atoms with Crippen molar-refractivity contribution >= 4 is 35.1 Å². The van der Waals surface area contributed by atoms with Crippen molar-refractivity contribution in [1.29, 1.82) is 0 Å². The van der Waals surface area contributed by atoms with Crippen LogP contribution in [-0.4, -0.2) is 83.8 Å². The van der Waals surface area contributed by atoms with E-state index in [-0.39, 0.29) is 34.6 Å². The zero-order valence-electron chi connectivity index (χ0n) is 23.4. The van der Waals surface area contributed by atoms with Crippen LogP contribution in [0.5, 0.6) is 11.5 Å². The predicted molar refractivity (Wildman–Crippen MR) is 149 cm³/mol. The van der Waals surface area contributed by atoms with Crippen LogP contribution in [0.2, 0.25) is 10.0 Å². The van der Waals surface area contributed by atoms with Gasteiger partial charge in [-0.15, -0.1) is 0 Å². The number of hydrogen-bond acceptors (Lipinski definition) is 10. The molecular weight excluding hydrogens is 581 g/mol. The molecule has 0 aliphatic carbocycles. The van der Waals surface area contributed by atoms with Crippen molar-refractivity contribution in [3.8, 4) is 11.5 Å². The summed E-state index contributed by atoms with van der Waals surface area (Å²) in [6, 6.07) is 7.10. The zero-order valence-corrected chi connectivity index (χ0v) is 24.9. The van der Waals surface area contributed by atoms with E-state index in [1.165, 1.54) is 13.2 Å². The lowest BCUT2D eigenvalue weighted by molar-refractivity contribution is -0.261. The Balaban J connectivity index is 1.65. The maximum Gasteiger partial charge on any atom is 0.344 e. The molecule has 11 nitrogen and oxygen atoms in total. The molecule has 1 aliphatic rings. The van der Waals surface area contributed by atoms with Gasteiger partial charge >= 0.3 is 5.97 Å². The minimum Gasteiger partial charge on any atom is -0.486 e. The predicted octanol–water partition coefficient (Wildman–Crippen LogP) is 2.79. The van der Waals surface area contributed by atoms with E-state index < -0.39 is 54.7 Å². The summed E-state index contributed by atoms with van der Waals surface area (Å²) in [6.45, 7) is 6.26. The molecule has 0 radical (unpaired) electrons. The molecule has 2 aromatic carbocycles. The molecule has 0 saturated carbocycles. The van der Waals surface area contributed by atoms with Gasteiger partial charge in [0, 0.05) is 12.7 Å². The van der Waals surface area contributed by atoms with E-state index in [2.05, 4.69) is 5.32 Å². The summed E-state index contributed by atoms with van der Waals surface area (Å²) in [5.41, 5.74) is 0.639. The number of aliphatic hydroxyl groups excluding tert-OH is 3. The van der Waals surface area contributed by atoms with Gasteiger partial charge in [-0.2, -0.15) is 0 Å². The number of methoxy groups -OCH3 is 1. The van der Waals surface area contributed by atoms with Crippen LogP contribution in [0.25, 0.3) is 0 Å². The molecule has 2 aromatic rings. The van der Waals surface area contributed by atoms with E-state index in [1.807, 2.05) is 0 Å². The Labute approximate surface area is 248 Å². The standard InChI is InChI=1S/C28H35Cl2NO10/c1-14-17(26(36)31-22-24(35)23(34)19(11-32)40-27(22)37-5)10-18(29)25(21(14)30)39-12-15-6-8-16(9-7-15)38-13-20(33)41-28(2,3)4/h6-10,19,22-24,27,32,34-35H,11-13H2,1-5H3,(H,31,36)/t19-,22-,23-,24-,27+/m1/s1. The zero-order chi connectivity index (χ0) is 30.5. The van der Waals surface area contributed by atoms with Gasteiger partial charge in [0.25, 0.3) is 5.91 Å². The van der Waals surface area contributed by atoms with Crippen LogP contribution < -0.4 is 14.8 Å². The van der Waals surface area contributed by atoms with Gasteiger partial charge in [-0.3, -0.25) is 4.79 Å². The van der Waals surface area contributed by atoms with Crippen LogP contribution >= 0.6 is 23.2 Å². The first kappa shape index (κ1) is 32.9. The molecule has 3 rings (SSSR count).